The van der Waals surface area contributed by atoms with E-state index in [0.717, 1.165) is 27.1 Å². The molecule has 0 aromatic heterocycles. The number of benzene rings is 3. The van der Waals surface area contributed by atoms with Gasteiger partial charge < -0.3 is 4.74 Å². The van der Waals surface area contributed by atoms with Crippen molar-refractivity contribution in [3.05, 3.63) is 66.7 Å². The lowest BCUT2D eigenvalue weighted by Gasteiger charge is -2.11. The standard InChI is InChI=1S/C18H14O2/c1-12(18(19)20-2)15-9-5-7-14-11-10-13-6-3-4-8-16(13)17(14)15/h3-11H,1H2,2H3. The minimum atomic E-state index is -0.398. The molecule has 3 rings (SSSR count). The van der Waals surface area contributed by atoms with Crippen LogP contribution in [-0.4, -0.2) is 13.1 Å². The van der Waals surface area contributed by atoms with Gasteiger partial charge in [0.25, 0.3) is 0 Å². The van der Waals surface area contributed by atoms with Crippen molar-refractivity contribution in [3.8, 4) is 0 Å². The van der Waals surface area contributed by atoms with Crippen LogP contribution >= 0.6 is 0 Å². The third-order valence-corrected chi connectivity index (χ3v) is 3.53. The fraction of sp³-hybridized carbons (Fsp3) is 0.0556. The summed E-state index contributed by atoms with van der Waals surface area (Å²) >= 11 is 0. The van der Waals surface area contributed by atoms with Crippen molar-refractivity contribution >= 4 is 33.1 Å². The van der Waals surface area contributed by atoms with Gasteiger partial charge in [0.05, 0.1) is 12.7 Å². The first-order valence-corrected chi connectivity index (χ1v) is 6.40. The molecule has 0 unspecified atom stereocenters. The summed E-state index contributed by atoms with van der Waals surface area (Å²) in [5.74, 6) is -0.398. The number of fused-ring (bicyclic) bond motifs is 3. The van der Waals surface area contributed by atoms with Crippen molar-refractivity contribution in [2.45, 2.75) is 0 Å². The number of ether oxygens (including phenoxy) is 1. The van der Waals surface area contributed by atoms with Crippen LogP contribution < -0.4 is 0 Å². The monoisotopic (exact) mass is 262 g/mol. The van der Waals surface area contributed by atoms with Gasteiger partial charge in [-0.05, 0) is 27.1 Å². The number of rotatable bonds is 2. The van der Waals surface area contributed by atoms with E-state index in [0.29, 0.717) is 5.57 Å². The summed E-state index contributed by atoms with van der Waals surface area (Å²) in [5.41, 5.74) is 1.21. The van der Waals surface area contributed by atoms with Gasteiger partial charge in [0, 0.05) is 0 Å². The predicted octanol–water partition coefficient (Wildman–Crippen LogP) is 4.18. The van der Waals surface area contributed by atoms with E-state index in [9.17, 15) is 4.79 Å². The van der Waals surface area contributed by atoms with E-state index in [1.807, 2.05) is 30.3 Å². The zero-order valence-corrected chi connectivity index (χ0v) is 11.2. The molecule has 0 N–H and O–H groups in total. The fourth-order valence-electron chi connectivity index (χ4n) is 2.54. The molecule has 0 aliphatic carbocycles. The molecule has 98 valence electrons. The van der Waals surface area contributed by atoms with E-state index in [1.165, 1.54) is 7.11 Å². The van der Waals surface area contributed by atoms with Crippen molar-refractivity contribution < 1.29 is 9.53 Å². The lowest BCUT2D eigenvalue weighted by molar-refractivity contribution is -0.133. The second-order valence-corrected chi connectivity index (χ2v) is 4.66. The molecule has 0 spiro atoms. The minimum absolute atomic E-state index is 0.384. The van der Waals surface area contributed by atoms with E-state index < -0.39 is 5.97 Å². The van der Waals surface area contributed by atoms with Crippen LogP contribution in [0.1, 0.15) is 5.56 Å². The molecule has 2 heteroatoms. The summed E-state index contributed by atoms with van der Waals surface area (Å²) in [4.78, 5) is 11.8. The van der Waals surface area contributed by atoms with Crippen LogP contribution in [0.5, 0.6) is 0 Å². The Morgan fingerprint density at radius 3 is 2.45 bits per heavy atom. The number of methoxy groups -OCH3 is 1. The number of hydrogen-bond acceptors (Lipinski definition) is 2. The lowest BCUT2D eigenvalue weighted by atomic mass is 9.94. The Bertz CT molecular complexity index is 831. The molecule has 0 aliphatic heterocycles. The molecular weight excluding hydrogens is 248 g/mol. The molecule has 0 aliphatic rings. The molecule has 0 fully saturated rings. The molecule has 0 radical (unpaired) electrons. The average Bonchev–Trinajstić information content (AvgIpc) is 2.52. The normalized spacial score (nSPS) is 10.7. The number of carbonyl (C=O) groups excluding carboxylic acids is 1. The zero-order chi connectivity index (χ0) is 14.1. The summed E-state index contributed by atoms with van der Waals surface area (Å²) in [5, 5.41) is 4.39. The van der Waals surface area contributed by atoms with Crippen LogP contribution in [0.4, 0.5) is 0 Å². The van der Waals surface area contributed by atoms with Gasteiger partial charge >= 0.3 is 5.97 Å². The van der Waals surface area contributed by atoms with Gasteiger partial charge in [-0.25, -0.2) is 4.79 Å². The third kappa shape index (κ3) is 1.86. The molecule has 20 heavy (non-hydrogen) atoms. The van der Waals surface area contributed by atoms with Crippen LogP contribution in [0.25, 0.3) is 27.1 Å². The maximum atomic E-state index is 11.8. The Morgan fingerprint density at radius 2 is 1.65 bits per heavy atom. The quantitative estimate of drug-likeness (QED) is 0.393. The second kappa shape index (κ2) is 4.82. The van der Waals surface area contributed by atoms with Crippen LogP contribution in [0.15, 0.2) is 61.2 Å². The highest BCUT2D eigenvalue weighted by atomic mass is 16.5. The molecule has 0 bridgehead atoms. The minimum Gasteiger partial charge on any atom is -0.465 e. The van der Waals surface area contributed by atoms with E-state index >= 15 is 0 Å². The third-order valence-electron chi connectivity index (χ3n) is 3.53. The Kier molecular flexibility index (Phi) is 2.99. The number of esters is 1. The molecule has 3 aromatic carbocycles. The first kappa shape index (κ1) is 12.4. The fourth-order valence-corrected chi connectivity index (χ4v) is 2.54. The first-order chi connectivity index (χ1) is 9.72. The maximum absolute atomic E-state index is 11.8. The van der Waals surface area contributed by atoms with Crippen LogP contribution in [0.3, 0.4) is 0 Å². The van der Waals surface area contributed by atoms with Crippen molar-refractivity contribution in [1.29, 1.82) is 0 Å². The molecular formula is C18H14O2. The highest BCUT2D eigenvalue weighted by Gasteiger charge is 2.14. The largest absolute Gasteiger partial charge is 0.465 e. The van der Waals surface area contributed by atoms with Crippen molar-refractivity contribution in [3.63, 3.8) is 0 Å². The molecule has 0 saturated carbocycles. The molecule has 0 heterocycles. The first-order valence-electron chi connectivity index (χ1n) is 6.40. The number of carbonyl (C=O) groups is 1. The summed E-state index contributed by atoms with van der Waals surface area (Å²) in [6.07, 6.45) is 0. The number of hydrogen-bond donors (Lipinski definition) is 0. The Balaban J connectivity index is 2.40. The Morgan fingerprint density at radius 1 is 0.950 bits per heavy atom. The molecule has 0 amide bonds. The highest BCUT2D eigenvalue weighted by Crippen LogP contribution is 2.31. The van der Waals surface area contributed by atoms with Gasteiger partial charge in [0.1, 0.15) is 0 Å². The Hall–Kier alpha value is -2.61. The smallest absolute Gasteiger partial charge is 0.337 e. The summed E-state index contributed by atoms with van der Waals surface area (Å²) in [6, 6.07) is 18.2. The summed E-state index contributed by atoms with van der Waals surface area (Å²) in [7, 11) is 1.37. The summed E-state index contributed by atoms with van der Waals surface area (Å²) in [6.45, 7) is 3.88. The molecule has 3 aromatic rings. The van der Waals surface area contributed by atoms with Gasteiger partial charge in [-0.1, -0.05) is 61.2 Å². The summed E-state index contributed by atoms with van der Waals surface area (Å²) < 4.78 is 4.79. The molecule has 0 atom stereocenters. The van der Waals surface area contributed by atoms with Crippen LogP contribution in [-0.2, 0) is 9.53 Å². The maximum Gasteiger partial charge on any atom is 0.337 e. The van der Waals surface area contributed by atoms with Crippen LogP contribution in [0, 0.1) is 0 Å². The van der Waals surface area contributed by atoms with Crippen molar-refractivity contribution in [2.24, 2.45) is 0 Å². The Labute approximate surface area is 117 Å². The average molecular weight is 262 g/mol. The van der Waals surface area contributed by atoms with Gasteiger partial charge in [0.15, 0.2) is 0 Å². The van der Waals surface area contributed by atoms with Crippen molar-refractivity contribution in [2.75, 3.05) is 7.11 Å². The molecule has 0 saturated heterocycles. The van der Waals surface area contributed by atoms with Gasteiger partial charge in [-0.15, -0.1) is 0 Å². The van der Waals surface area contributed by atoms with E-state index in [-0.39, 0.29) is 0 Å². The highest BCUT2D eigenvalue weighted by molar-refractivity contribution is 6.23. The second-order valence-electron chi connectivity index (χ2n) is 4.66. The lowest BCUT2D eigenvalue weighted by Crippen LogP contribution is -2.03. The van der Waals surface area contributed by atoms with E-state index in [4.69, 9.17) is 4.74 Å². The van der Waals surface area contributed by atoms with E-state index in [1.54, 1.807) is 0 Å². The van der Waals surface area contributed by atoms with Gasteiger partial charge in [0.2, 0.25) is 0 Å². The zero-order valence-electron chi connectivity index (χ0n) is 11.2. The van der Waals surface area contributed by atoms with Crippen LogP contribution in [0.2, 0.25) is 0 Å². The topological polar surface area (TPSA) is 26.3 Å². The van der Waals surface area contributed by atoms with E-state index in [2.05, 4.69) is 30.8 Å². The van der Waals surface area contributed by atoms with Gasteiger partial charge in [-0.3, -0.25) is 0 Å². The molecule has 2 nitrogen and oxygen atoms in total. The SMILES string of the molecule is C=C(C(=O)OC)c1cccc2ccc3ccccc3c12. The van der Waals surface area contributed by atoms with Crippen molar-refractivity contribution in [1.82, 2.24) is 0 Å². The predicted molar refractivity (Wildman–Crippen MR) is 82.5 cm³/mol. The van der Waals surface area contributed by atoms with Gasteiger partial charge in [-0.2, -0.15) is 0 Å².